The summed E-state index contributed by atoms with van der Waals surface area (Å²) in [5, 5.41) is 1.69. The maximum absolute atomic E-state index is 13.5. The van der Waals surface area contributed by atoms with Crippen LogP contribution in [0.4, 0.5) is 9.28 Å². The van der Waals surface area contributed by atoms with Crippen molar-refractivity contribution in [2.24, 2.45) is 4.99 Å². The van der Waals surface area contributed by atoms with Gasteiger partial charge < -0.3 is 4.74 Å². The first-order valence-corrected chi connectivity index (χ1v) is 5.95. The van der Waals surface area contributed by atoms with E-state index in [9.17, 15) is 9.28 Å². The Hall–Kier alpha value is -1.89. The lowest BCUT2D eigenvalue weighted by atomic mass is 10.3. The van der Waals surface area contributed by atoms with Crippen molar-refractivity contribution in [3.8, 4) is 5.75 Å². The summed E-state index contributed by atoms with van der Waals surface area (Å²) in [5.41, 5.74) is 0. The SMILES string of the molecule is O=C(NC1=CC=NC(Br)N1F)Oc1ccccc1. The highest BCUT2D eigenvalue weighted by atomic mass is 79.9. The monoisotopic (exact) mass is 313 g/mol. The van der Waals surface area contributed by atoms with Crippen LogP contribution in [0.25, 0.3) is 0 Å². The molecule has 1 aliphatic heterocycles. The van der Waals surface area contributed by atoms with Crippen LogP contribution >= 0.6 is 15.9 Å². The highest BCUT2D eigenvalue weighted by Crippen LogP contribution is 2.18. The van der Waals surface area contributed by atoms with Gasteiger partial charge in [-0.3, -0.25) is 10.3 Å². The van der Waals surface area contributed by atoms with Crippen LogP contribution < -0.4 is 10.1 Å². The Morgan fingerprint density at radius 1 is 1.44 bits per heavy atom. The van der Waals surface area contributed by atoms with Gasteiger partial charge >= 0.3 is 6.09 Å². The Labute approximate surface area is 111 Å². The number of halogens is 2. The molecule has 18 heavy (non-hydrogen) atoms. The smallest absolute Gasteiger partial charge is 0.410 e. The van der Waals surface area contributed by atoms with Gasteiger partial charge in [-0.2, -0.15) is 5.12 Å². The molecule has 1 N–H and O–H groups in total. The van der Waals surface area contributed by atoms with Crippen LogP contribution in [0.5, 0.6) is 5.75 Å². The van der Waals surface area contributed by atoms with Crippen LogP contribution in [-0.4, -0.2) is 22.5 Å². The average molecular weight is 314 g/mol. The number of nitrogens with zero attached hydrogens (tertiary/aromatic N) is 2. The lowest BCUT2D eigenvalue weighted by Crippen LogP contribution is -2.36. The number of carbonyl (C=O) groups is 1. The number of amides is 1. The second-order valence-corrected chi connectivity index (χ2v) is 4.12. The number of para-hydroxylation sites is 1. The van der Waals surface area contributed by atoms with Crippen LogP contribution in [0.1, 0.15) is 0 Å². The fourth-order valence-electron chi connectivity index (χ4n) is 1.25. The van der Waals surface area contributed by atoms with E-state index < -0.39 is 11.2 Å². The minimum atomic E-state index is -0.852. The molecule has 1 atom stereocenters. The van der Waals surface area contributed by atoms with E-state index in [4.69, 9.17) is 4.74 Å². The van der Waals surface area contributed by atoms with Gasteiger partial charge in [0, 0.05) is 6.21 Å². The lowest BCUT2D eigenvalue weighted by Gasteiger charge is -2.22. The van der Waals surface area contributed by atoms with Gasteiger partial charge in [-0.05, 0) is 34.1 Å². The van der Waals surface area contributed by atoms with E-state index in [1.807, 2.05) is 0 Å². The Bertz CT molecular complexity index is 492. The molecule has 7 heteroatoms. The quantitative estimate of drug-likeness (QED) is 0.518. The molecule has 0 radical (unpaired) electrons. The molecule has 2 rings (SSSR count). The van der Waals surface area contributed by atoms with Crippen molar-refractivity contribution in [2.45, 2.75) is 5.08 Å². The lowest BCUT2D eigenvalue weighted by molar-refractivity contribution is 0.0511. The highest BCUT2D eigenvalue weighted by molar-refractivity contribution is 9.09. The standard InChI is InChI=1S/C11H9BrFN3O2/c12-10-14-7-6-9(16(10)13)15-11(17)18-8-4-2-1-3-5-8/h1-7,10H,(H,15,17). The zero-order chi connectivity index (χ0) is 13.0. The number of rotatable bonds is 2. The number of alkyl halides is 1. The number of aliphatic imine (C=N–C) groups is 1. The first kappa shape index (κ1) is 12.6. The largest absolute Gasteiger partial charge is 0.418 e. The first-order chi connectivity index (χ1) is 8.66. The molecule has 1 heterocycles. The summed E-state index contributed by atoms with van der Waals surface area (Å²) < 4.78 is 18.4. The number of ether oxygens (including phenoxy) is 1. The number of nitrogens with one attached hydrogen (secondary N) is 1. The molecule has 1 aromatic rings. The van der Waals surface area contributed by atoms with Gasteiger partial charge in [0.2, 0.25) is 5.08 Å². The number of carbonyl (C=O) groups excluding carboxylic acids is 1. The summed E-state index contributed by atoms with van der Waals surface area (Å²) in [6, 6.07) is 8.49. The van der Waals surface area contributed by atoms with Crippen molar-refractivity contribution < 1.29 is 14.0 Å². The Kier molecular flexibility index (Phi) is 3.93. The Morgan fingerprint density at radius 3 is 2.89 bits per heavy atom. The second kappa shape index (κ2) is 5.63. The summed E-state index contributed by atoms with van der Waals surface area (Å²) in [6.45, 7) is 0. The molecule has 0 saturated carbocycles. The van der Waals surface area contributed by atoms with Crippen molar-refractivity contribution >= 4 is 28.2 Å². The molecule has 0 saturated heterocycles. The molecule has 0 bridgehead atoms. The minimum Gasteiger partial charge on any atom is -0.410 e. The molecular weight excluding hydrogens is 305 g/mol. The van der Waals surface area contributed by atoms with Crippen LogP contribution in [0.2, 0.25) is 0 Å². The molecule has 0 aromatic heterocycles. The van der Waals surface area contributed by atoms with Gasteiger partial charge in [-0.1, -0.05) is 22.7 Å². The third kappa shape index (κ3) is 3.07. The number of allylic oxidation sites excluding steroid dienone is 1. The zero-order valence-electron chi connectivity index (χ0n) is 9.09. The van der Waals surface area contributed by atoms with Crippen LogP contribution in [-0.2, 0) is 0 Å². The van der Waals surface area contributed by atoms with Crippen LogP contribution in [0.15, 0.2) is 47.2 Å². The van der Waals surface area contributed by atoms with E-state index >= 15 is 0 Å². The predicted molar refractivity (Wildman–Crippen MR) is 67.8 cm³/mol. The Balaban J connectivity index is 1.96. The topological polar surface area (TPSA) is 53.9 Å². The third-order valence-corrected chi connectivity index (χ3v) is 2.64. The van der Waals surface area contributed by atoms with Gasteiger partial charge in [-0.15, -0.1) is 0 Å². The Morgan fingerprint density at radius 2 is 2.17 bits per heavy atom. The van der Waals surface area contributed by atoms with Crippen molar-refractivity contribution in [3.05, 3.63) is 42.2 Å². The maximum atomic E-state index is 13.5. The molecule has 0 spiro atoms. The molecule has 1 unspecified atom stereocenters. The van der Waals surface area contributed by atoms with Crippen LogP contribution in [0, 0.1) is 0 Å². The number of benzene rings is 1. The van der Waals surface area contributed by atoms with Gasteiger partial charge in [0.15, 0.2) is 0 Å². The average Bonchev–Trinajstić information content (AvgIpc) is 2.36. The van der Waals surface area contributed by atoms with Gasteiger partial charge in [0.05, 0.1) is 0 Å². The number of hydrogen-bond acceptors (Lipinski definition) is 4. The fraction of sp³-hybridized carbons (Fsp3) is 0.0909. The van der Waals surface area contributed by atoms with Crippen molar-refractivity contribution in [1.82, 2.24) is 10.4 Å². The molecule has 0 aliphatic carbocycles. The van der Waals surface area contributed by atoms with Crippen molar-refractivity contribution in [3.63, 3.8) is 0 Å². The van der Waals surface area contributed by atoms with E-state index in [1.54, 1.807) is 30.3 Å². The maximum Gasteiger partial charge on any atom is 0.418 e. The molecular formula is C11H9BrFN3O2. The highest BCUT2D eigenvalue weighted by Gasteiger charge is 2.21. The molecule has 1 amide bonds. The van der Waals surface area contributed by atoms with E-state index in [1.165, 1.54) is 12.3 Å². The van der Waals surface area contributed by atoms with E-state index in [0.717, 1.165) is 0 Å². The van der Waals surface area contributed by atoms with Gasteiger partial charge in [-0.25, -0.2) is 4.79 Å². The van der Waals surface area contributed by atoms with E-state index in [0.29, 0.717) is 5.75 Å². The van der Waals surface area contributed by atoms with Crippen LogP contribution in [0.3, 0.4) is 0 Å². The summed E-state index contributed by atoms with van der Waals surface area (Å²) in [6.07, 6.45) is 1.93. The third-order valence-electron chi connectivity index (χ3n) is 2.04. The summed E-state index contributed by atoms with van der Waals surface area (Å²) in [7, 11) is 0. The normalized spacial score (nSPS) is 18.2. The zero-order valence-corrected chi connectivity index (χ0v) is 10.7. The van der Waals surface area contributed by atoms with Crippen molar-refractivity contribution in [1.29, 1.82) is 0 Å². The predicted octanol–water partition coefficient (Wildman–Crippen LogP) is 2.57. The first-order valence-electron chi connectivity index (χ1n) is 5.03. The summed E-state index contributed by atoms with van der Waals surface area (Å²) >= 11 is 2.97. The number of hydrogen-bond donors (Lipinski definition) is 1. The molecule has 94 valence electrons. The molecule has 0 fully saturated rings. The summed E-state index contributed by atoms with van der Waals surface area (Å²) in [4.78, 5) is 15.2. The van der Waals surface area contributed by atoms with E-state index in [2.05, 4.69) is 26.2 Å². The molecule has 5 nitrogen and oxygen atoms in total. The fourth-order valence-corrected chi connectivity index (χ4v) is 1.61. The summed E-state index contributed by atoms with van der Waals surface area (Å²) in [5.74, 6) is 0.327. The van der Waals surface area contributed by atoms with Gasteiger partial charge in [0.25, 0.3) is 0 Å². The minimum absolute atomic E-state index is 0.0483. The molecule has 1 aromatic carbocycles. The second-order valence-electron chi connectivity index (χ2n) is 3.30. The molecule has 1 aliphatic rings. The van der Waals surface area contributed by atoms with Gasteiger partial charge in [0.1, 0.15) is 11.6 Å². The van der Waals surface area contributed by atoms with Crippen molar-refractivity contribution in [2.75, 3.05) is 0 Å². The van der Waals surface area contributed by atoms with E-state index in [-0.39, 0.29) is 10.9 Å².